The van der Waals surface area contributed by atoms with E-state index in [1.165, 1.54) is 12.8 Å². The predicted octanol–water partition coefficient (Wildman–Crippen LogP) is 4.37. The Morgan fingerprint density at radius 2 is 1.42 bits per heavy atom. The summed E-state index contributed by atoms with van der Waals surface area (Å²) in [5.41, 5.74) is 0.394. The summed E-state index contributed by atoms with van der Waals surface area (Å²) in [6.07, 6.45) is 12.7. The second-order valence-corrected chi connectivity index (χ2v) is 11.0. The zero-order valence-electron chi connectivity index (χ0n) is 16.9. The lowest BCUT2D eigenvalue weighted by molar-refractivity contribution is 0.169. The van der Waals surface area contributed by atoms with Crippen molar-refractivity contribution < 1.29 is 8.42 Å². The molecule has 2 aliphatic carbocycles. The lowest BCUT2D eigenvalue weighted by Gasteiger charge is -2.40. The van der Waals surface area contributed by atoms with Gasteiger partial charge in [0.25, 0.3) is 0 Å². The number of nitrogens with zero attached hydrogens (tertiary/aromatic N) is 3. The Morgan fingerprint density at radius 1 is 0.962 bits per heavy atom. The van der Waals surface area contributed by atoms with Crippen LogP contribution in [0.4, 0.5) is 0 Å². The Labute approximate surface area is 159 Å². The highest BCUT2D eigenvalue weighted by Crippen LogP contribution is 2.37. The van der Waals surface area contributed by atoms with E-state index in [2.05, 4.69) is 5.10 Å². The molecule has 2 saturated carbocycles. The van der Waals surface area contributed by atoms with E-state index in [-0.39, 0.29) is 17.5 Å². The normalized spacial score (nSPS) is 21.4. The van der Waals surface area contributed by atoms with Gasteiger partial charge in [0.15, 0.2) is 0 Å². The molecule has 148 valence electrons. The first-order valence-corrected chi connectivity index (χ1v) is 11.7. The van der Waals surface area contributed by atoms with Crippen molar-refractivity contribution in [2.24, 2.45) is 7.05 Å². The Hall–Kier alpha value is -0.880. The molecule has 0 unspecified atom stereocenters. The molecule has 0 N–H and O–H groups in total. The van der Waals surface area contributed by atoms with Gasteiger partial charge in [-0.05, 0) is 25.7 Å². The van der Waals surface area contributed by atoms with Crippen molar-refractivity contribution >= 4 is 10.0 Å². The fourth-order valence-corrected chi connectivity index (χ4v) is 6.96. The van der Waals surface area contributed by atoms with E-state index in [4.69, 9.17) is 0 Å². The van der Waals surface area contributed by atoms with Gasteiger partial charge in [0.2, 0.25) is 10.0 Å². The van der Waals surface area contributed by atoms with E-state index in [0.717, 1.165) is 51.4 Å². The quantitative estimate of drug-likeness (QED) is 0.778. The van der Waals surface area contributed by atoms with E-state index < -0.39 is 10.0 Å². The highest BCUT2D eigenvalue weighted by molar-refractivity contribution is 7.89. The molecule has 2 fully saturated rings. The summed E-state index contributed by atoms with van der Waals surface area (Å²) in [5.74, 6) is 0. The third-order valence-electron chi connectivity index (χ3n) is 5.93. The third kappa shape index (κ3) is 4.01. The van der Waals surface area contributed by atoms with Crippen molar-refractivity contribution in [2.45, 2.75) is 107 Å². The Bertz CT molecular complexity index is 688. The van der Waals surface area contributed by atoms with E-state index >= 15 is 0 Å². The van der Waals surface area contributed by atoms with Gasteiger partial charge in [0.1, 0.15) is 4.90 Å². The average Bonchev–Trinajstić information content (AvgIpc) is 3.00. The Kier molecular flexibility index (Phi) is 5.83. The highest BCUT2D eigenvalue weighted by Gasteiger charge is 2.41. The largest absolute Gasteiger partial charge is 0.274 e. The summed E-state index contributed by atoms with van der Waals surface area (Å²) in [4.78, 5) is 0.420. The molecule has 2 aliphatic rings. The van der Waals surface area contributed by atoms with Gasteiger partial charge < -0.3 is 0 Å². The number of hydrogen-bond acceptors (Lipinski definition) is 3. The first-order chi connectivity index (χ1) is 12.2. The van der Waals surface area contributed by atoms with Crippen molar-refractivity contribution in [1.29, 1.82) is 0 Å². The van der Waals surface area contributed by atoms with E-state index in [1.807, 2.05) is 32.1 Å². The maximum Gasteiger partial charge on any atom is 0.247 e. The van der Waals surface area contributed by atoms with Gasteiger partial charge in [-0.3, -0.25) is 4.68 Å². The minimum atomic E-state index is -3.54. The molecule has 5 nitrogen and oxygen atoms in total. The van der Waals surface area contributed by atoms with E-state index in [9.17, 15) is 8.42 Å². The van der Waals surface area contributed by atoms with Gasteiger partial charge in [0, 0.05) is 30.7 Å². The monoisotopic (exact) mass is 381 g/mol. The van der Waals surface area contributed by atoms with Crippen LogP contribution in [0.15, 0.2) is 11.1 Å². The summed E-state index contributed by atoms with van der Waals surface area (Å²) in [6, 6.07) is 0.315. The van der Waals surface area contributed by atoms with Crippen LogP contribution in [0.2, 0.25) is 0 Å². The SMILES string of the molecule is Cn1cc(S(=O)(=O)N(C2CCCCC2)C2CCCCC2)c(C(C)(C)C)n1. The van der Waals surface area contributed by atoms with Gasteiger partial charge in [-0.1, -0.05) is 59.3 Å². The summed E-state index contributed by atoms with van der Waals surface area (Å²) in [5, 5.41) is 4.53. The van der Waals surface area contributed by atoms with Crippen LogP contribution >= 0.6 is 0 Å². The van der Waals surface area contributed by atoms with Gasteiger partial charge >= 0.3 is 0 Å². The average molecular weight is 382 g/mol. The van der Waals surface area contributed by atoms with Crippen LogP contribution in [0, 0.1) is 0 Å². The molecule has 0 radical (unpaired) electrons. The zero-order chi connectivity index (χ0) is 18.9. The fraction of sp³-hybridized carbons (Fsp3) is 0.850. The molecular formula is C20H35N3O2S. The second-order valence-electron chi connectivity index (χ2n) is 9.18. The minimum absolute atomic E-state index is 0.157. The van der Waals surface area contributed by atoms with Crippen LogP contribution in [-0.2, 0) is 22.5 Å². The first kappa shape index (κ1) is 19.9. The lowest BCUT2D eigenvalue weighted by Crippen LogP contribution is -2.49. The molecule has 0 saturated heterocycles. The van der Waals surface area contributed by atoms with Crippen LogP contribution in [0.3, 0.4) is 0 Å². The smallest absolute Gasteiger partial charge is 0.247 e. The maximum absolute atomic E-state index is 13.9. The van der Waals surface area contributed by atoms with Crippen molar-refractivity contribution in [3.63, 3.8) is 0 Å². The molecule has 0 aliphatic heterocycles. The summed E-state index contributed by atoms with van der Waals surface area (Å²) in [6.45, 7) is 6.12. The van der Waals surface area contributed by atoms with Crippen LogP contribution in [-0.4, -0.2) is 34.6 Å². The molecule has 0 bridgehead atoms. The number of aryl methyl sites for hydroxylation is 1. The number of rotatable bonds is 4. The lowest BCUT2D eigenvalue weighted by atomic mass is 9.91. The van der Waals surface area contributed by atoms with Gasteiger partial charge in [0.05, 0.1) is 5.69 Å². The number of sulfonamides is 1. The number of aromatic nitrogens is 2. The standard InChI is InChI=1S/C20H35N3O2S/c1-20(2,3)19-18(15-22(4)21-19)26(24,25)23(16-11-7-5-8-12-16)17-13-9-6-10-14-17/h15-17H,5-14H2,1-4H3. The second kappa shape index (κ2) is 7.63. The van der Waals surface area contributed by atoms with Crippen LogP contribution in [0.1, 0.15) is 90.7 Å². The van der Waals surface area contributed by atoms with Crippen molar-refractivity contribution in [2.75, 3.05) is 0 Å². The molecule has 6 heteroatoms. The summed E-state index contributed by atoms with van der Waals surface area (Å²) >= 11 is 0. The van der Waals surface area contributed by atoms with Crippen LogP contribution in [0.25, 0.3) is 0 Å². The molecule has 1 aromatic heterocycles. The molecule has 3 rings (SSSR count). The minimum Gasteiger partial charge on any atom is -0.274 e. The third-order valence-corrected chi connectivity index (χ3v) is 7.94. The fourth-order valence-electron chi connectivity index (χ4n) is 4.65. The van der Waals surface area contributed by atoms with Crippen molar-refractivity contribution in [1.82, 2.24) is 14.1 Å². The molecular weight excluding hydrogens is 346 g/mol. The van der Waals surface area contributed by atoms with Crippen molar-refractivity contribution in [3.05, 3.63) is 11.9 Å². The van der Waals surface area contributed by atoms with E-state index in [1.54, 1.807) is 10.9 Å². The van der Waals surface area contributed by atoms with Gasteiger partial charge in [-0.2, -0.15) is 9.40 Å². The Balaban J connectivity index is 2.04. The maximum atomic E-state index is 13.9. The Morgan fingerprint density at radius 3 is 1.85 bits per heavy atom. The molecule has 0 aromatic carbocycles. The van der Waals surface area contributed by atoms with Crippen LogP contribution in [0.5, 0.6) is 0 Å². The molecule has 0 amide bonds. The van der Waals surface area contributed by atoms with Gasteiger partial charge in [-0.25, -0.2) is 8.42 Å². The van der Waals surface area contributed by atoms with E-state index in [0.29, 0.717) is 10.6 Å². The van der Waals surface area contributed by atoms with Crippen LogP contribution < -0.4 is 0 Å². The van der Waals surface area contributed by atoms with Gasteiger partial charge in [-0.15, -0.1) is 0 Å². The predicted molar refractivity (Wildman–Crippen MR) is 105 cm³/mol. The topological polar surface area (TPSA) is 55.2 Å². The summed E-state index contributed by atoms with van der Waals surface area (Å²) in [7, 11) is -1.72. The highest BCUT2D eigenvalue weighted by atomic mass is 32.2. The number of hydrogen-bond donors (Lipinski definition) is 0. The molecule has 1 aromatic rings. The molecule has 1 heterocycles. The molecule has 26 heavy (non-hydrogen) atoms. The first-order valence-electron chi connectivity index (χ1n) is 10.3. The zero-order valence-corrected chi connectivity index (χ0v) is 17.7. The summed E-state index contributed by atoms with van der Waals surface area (Å²) < 4.78 is 31.4. The van der Waals surface area contributed by atoms with Crippen molar-refractivity contribution in [3.8, 4) is 0 Å². The molecule has 0 spiro atoms. The molecule has 0 atom stereocenters.